The normalized spacial score (nSPS) is 13.9. The Labute approximate surface area is 364 Å². The number of rotatable bonds is 43. The number of aliphatic hydroxyl groups excluding tert-OH is 2. The summed E-state index contributed by atoms with van der Waals surface area (Å²) in [4.78, 5) is 26.1. The Hall–Kier alpha value is -2.70. The van der Waals surface area contributed by atoms with E-state index < -0.39 is 18.2 Å². The summed E-state index contributed by atoms with van der Waals surface area (Å²) in [5.41, 5.74) is 0. The number of nitrogens with one attached hydrogen (secondary N) is 1. The van der Waals surface area contributed by atoms with E-state index in [1.165, 1.54) is 77.0 Å². The van der Waals surface area contributed by atoms with E-state index >= 15 is 0 Å². The van der Waals surface area contributed by atoms with Crippen molar-refractivity contribution in [2.45, 2.75) is 244 Å². The number of aliphatic hydroxyl groups is 2. The second-order valence-electron chi connectivity index (χ2n) is 16.6. The molecule has 1 amide bonds. The average Bonchev–Trinajstić information content (AvgIpc) is 3.23. The third-order valence-electron chi connectivity index (χ3n) is 10.9. The molecule has 0 aromatic carbocycles. The van der Waals surface area contributed by atoms with Crippen molar-refractivity contribution >= 4 is 11.9 Å². The van der Waals surface area contributed by atoms with Crippen molar-refractivity contribution in [1.82, 2.24) is 5.32 Å². The van der Waals surface area contributed by atoms with Crippen molar-refractivity contribution in [3.63, 3.8) is 0 Å². The standard InChI is InChI=1S/C53H93NO5/c1-4-7-10-13-16-19-22-25-26-28-31-34-37-40-43-46-53(58)59-49(44-41-38-35-32-29-27-23-20-17-14-11-8-5-2)47-52(57)54-50(48-55)51(56)45-42-39-36-33-30-24-21-18-15-12-9-6-3/h7,10,13,16-17,19-20,22-23,25-27,49-51,55-56H,4-6,8-9,11-12,14-15,18,21,24,28-48H2,1-3H3,(H,54,57)/b10-7+,16-13+,20-17+,22-19+,26-25-,27-23+. The Balaban J connectivity index is 4.67. The Morgan fingerprint density at radius 2 is 0.915 bits per heavy atom. The van der Waals surface area contributed by atoms with Gasteiger partial charge in [0.25, 0.3) is 0 Å². The molecule has 0 bridgehead atoms. The number of hydrogen-bond acceptors (Lipinski definition) is 5. The monoisotopic (exact) mass is 824 g/mol. The number of amides is 1. The lowest BCUT2D eigenvalue weighted by molar-refractivity contribution is -0.151. The first-order valence-electron chi connectivity index (χ1n) is 24.7. The van der Waals surface area contributed by atoms with E-state index in [-0.39, 0.29) is 24.9 Å². The van der Waals surface area contributed by atoms with Gasteiger partial charge in [-0.25, -0.2) is 0 Å². The summed E-state index contributed by atoms with van der Waals surface area (Å²) in [6, 6.07) is -0.715. The third-order valence-corrected chi connectivity index (χ3v) is 10.9. The SMILES string of the molecule is CC/C=C/C=C/C=C/C=C\CCCCCCCC(=O)OC(CCCCCC/C=C/C=C/CCCCC)CC(=O)NC(CO)C(O)CCCCCCCCCCCCCC. The van der Waals surface area contributed by atoms with Gasteiger partial charge >= 0.3 is 5.97 Å². The summed E-state index contributed by atoms with van der Waals surface area (Å²) >= 11 is 0. The zero-order valence-electron chi connectivity index (χ0n) is 38.6. The number of hydrogen-bond donors (Lipinski definition) is 3. The van der Waals surface area contributed by atoms with E-state index in [9.17, 15) is 19.8 Å². The zero-order chi connectivity index (χ0) is 43.1. The van der Waals surface area contributed by atoms with Crippen molar-refractivity contribution in [1.29, 1.82) is 0 Å². The lowest BCUT2D eigenvalue weighted by atomic mass is 10.0. The maximum absolute atomic E-state index is 13.2. The van der Waals surface area contributed by atoms with Gasteiger partial charge in [-0.2, -0.15) is 0 Å². The first-order valence-corrected chi connectivity index (χ1v) is 24.7. The van der Waals surface area contributed by atoms with Crippen molar-refractivity contribution in [3.05, 3.63) is 72.9 Å². The molecule has 0 aromatic heterocycles. The summed E-state index contributed by atoms with van der Waals surface area (Å²) in [6.45, 7) is 6.29. The number of carbonyl (C=O) groups is 2. The van der Waals surface area contributed by atoms with Crippen LogP contribution in [0.5, 0.6) is 0 Å². The van der Waals surface area contributed by atoms with E-state index in [2.05, 4.69) is 80.8 Å². The van der Waals surface area contributed by atoms with Crippen LogP contribution in [0.4, 0.5) is 0 Å². The summed E-state index contributed by atoms with van der Waals surface area (Å²) in [7, 11) is 0. The molecule has 0 saturated carbocycles. The maximum Gasteiger partial charge on any atom is 0.306 e. The molecule has 0 rings (SSSR count). The molecule has 6 heteroatoms. The molecule has 0 saturated heterocycles. The summed E-state index contributed by atoms with van der Waals surface area (Å²) < 4.78 is 5.90. The number of allylic oxidation sites excluding steroid dienone is 12. The Bertz CT molecular complexity index is 1110. The van der Waals surface area contributed by atoms with Crippen LogP contribution in [-0.4, -0.2) is 46.9 Å². The van der Waals surface area contributed by atoms with Gasteiger partial charge in [-0.05, 0) is 70.6 Å². The molecule has 0 heterocycles. The predicted molar refractivity (Wildman–Crippen MR) is 255 cm³/mol. The van der Waals surface area contributed by atoms with Crippen LogP contribution in [-0.2, 0) is 14.3 Å². The minimum atomic E-state index is -0.799. The van der Waals surface area contributed by atoms with Gasteiger partial charge in [0.15, 0.2) is 0 Å². The lowest BCUT2D eigenvalue weighted by Gasteiger charge is -2.24. The molecule has 340 valence electrons. The van der Waals surface area contributed by atoms with Crippen LogP contribution >= 0.6 is 0 Å². The fraction of sp³-hybridized carbons (Fsp3) is 0.736. The van der Waals surface area contributed by atoms with Crippen LogP contribution in [0.3, 0.4) is 0 Å². The molecule has 0 aliphatic heterocycles. The second kappa shape index (κ2) is 46.4. The number of unbranched alkanes of at least 4 members (excludes halogenated alkanes) is 23. The van der Waals surface area contributed by atoms with E-state index in [4.69, 9.17) is 4.74 Å². The summed E-state index contributed by atoms with van der Waals surface area (Å²) in [5.74, 6) is -0.524. The highest BCUT2D eigenvalue weighted by molar-refractivity contribution is 5.77. The highest BCUT2D eigenvalue weighted by atomic mass is 16.5. The maximum atomic E-state index is 13.2. The average molecular weight is 824 g/mol. The largest absolute Gasteiger partial charge is 0.462 e. The number of esters is 1. The molecule has 0 fully saturated rings. The van der Waals surface area contributed by atoms with E-state index in [0.717, 1.165) is 103 Å². The highest BCUT2D eigenvalue weighted by Crippen LogP contribution is 2.17. The van der Waals surface area contributed by atoms with Gasteiger partial charge in [0.1, 0.15) is 6.10 Å². The quantitative estimate of drug-likeness (QED) is 0.0323. The van der Waals surface area contributed by atoms with Gasteiger partial charge in [-0.3, -0.25) is 9.59 Å². The van der Waals surface area contributed by atoms with E-state index in [0.29, 0.717) is 19.3 Å². The molecular formula is C53H93NO5. The number of ether oxygens (including phenoxy) is 1. The van der Waals surface area contributed by atoms with Crippen LogP contribution in [0.2, 0.25) is 0 Å². The van der Waals surface area contributed by atoms with Crippen molar-refractivity contribution in [3.8, 4) is 0 Å². The topological polar surface area (TPSA) is 95.9 Å². The Morgan fingerprint density at radius 1 is 0.508 bits per heavy atom. The molecule has 3 N–H and O–H groups in total. The lowest BCUT2D eigenvalue weighted by Crippen LogP contribution is -2.46. The molecule has 0 radical (unpaired) electrons. The zero-order valence-corrected chi connectivity index (χ0v) is 38.6. The second-order valence-corrected chi connectivity index (χ2v) is 16.6. The molecule has 0 spiro atoms. The predicted octanol–water partition coefficient (Wildman–Crippen LogP) is 14.6. The molecule has 3 atom stereocenters. The van der Waals surface area contributed by atoms with Crippen molar-refractivity contribution in [2.75, 3.05) is 6.61 Å². The Kier molecular flexibility index (Phi) is 44.2. The molecule has 3 unspecified atom stereocenters. The minimum Gasteiger partial charge on any atom is -0.462 e. The van der Waals surface area contributed by atoms with Crippen LogP contribution < -0.4 is 5.32 Å². The van der Waals surface area contributed by atoms with Crippen LogP contribution in [0.1, 0.15) is 226 Å². The fourth-order valence-corrected chi connectivity index (χ4v) is 7.14. The fourth-order valence-electron chi connectivity index (χ4n) is 7.14. The van der Waals surface area contributed by atoms with Gasteiger partial charge in [-0.1, -0.05) is 216 Å². The van der Waals surface area contributed by atoms with Gasteiger partial charge in [-0.15, -0.1) is 0 Å². The van der Waals surface area contributed by atoms with Gasteiger partial charge in [0.05, 0.1) is 25.2 Å². The molecule has 0 aromatic rings. The molecule has 59 heavy (non-hydrogen) atoms. The van der Waals surface area contributed by atoms with Crippen LogP contribution in [0.25, 0.3) is 0 Å². The first-order chi connectivity index (χ1) is 29.0. The van der Waals surface area contributed by atoms with Crippen LogP contribution in [0, 0.1) is 0 Å². The highest BCUT2D eigenvalue weighted by Gasteiger charge is 2.24. The van der Waals surface area contributed by atoms with Gasteiger partial charge in [0.2, 0.25) is 5.91 Å². The molecule has 6 nitrogen and oxygen atoms in total. The van der Waals surface area contributed by atoms with Gasteiger partial charge < -0.3 is 20.3 Å². The summed E-state index contributed by atoms with van der Waals surface area (Å²) in [6.07, 6.45) is 58.1. The smallest absolute Gasteiger partial charge is 0.306 e. The molecule has 0 aliphatic carbocycles. The van der Waals surface area contributed by atoms with E-state index in [1.54, 1.807) is 0 Å². The Morgan fingerprint density at radius 3 is 1.44 bits per heavy atom. The van der Waals surface area contributed by atoms with Gasteiger partial charge in [0, 0.05) is 6.42 Å². The molecular weight excluding hydrogens is 731 g/mol. The van der Waals surface area contributed by atoms with E-state index in [1.807, 2.05) is 18.2 Å². The van der Waals surface area contributed by atoms with Crippen LogP contribution in [0.15, 0.2) is 72.9 Å². The first kappa shape index (κ1) is 56.3. The third kappa shape index (κ3) is 41.8. The number of carbonyl (C=O) groups excluding carboxylic acids is 2. The van der Waals surface area contributed by atoms with Crippen molar-refractivity contribution in [2.24, 2.45) is 0 Å². The summed E-state index contributed by atoms with van der Waals surface area (Å²) in [5, 5.41) is 23.7. The van der Waals surface area contributed by atoms with Crippen molar-refractivity contribution < 1.29 is 24.5 Å². The minimum absolute atomic E-state index is 0.0514. The molecule has 0 aliphatic rings.